The lowest BCUT2D eigenvalue weighted by atomic mass is 10.1. The number of benzene rings is 2. The predicted molar refractivity (Wildman–Crippen MR) is 79.1 cm³/mol. The van der Waals surface area contributed by atoms with Gasteiger partial charge >= 0.3 is 0 Å². The van der Waals surface area contributed by atoms with Crippen molar-refractivity contribution in [2.75, 3.05) is 0 Å². The van der Waals surface area contributed by atoms with Crippen molar-refractivity contribution >= 4 is 5.78 Å². The van der Waals surface area contributed by atoms with Crippen LogP contribution in [0.4, 0.5) is 0 Å². The van der Waals surface area contributed by atoms with Crippen LogP contribution in [0.5, 0.6) is 0 Å². The maximum Gasteiger partial charge on any atom is 0.214 e. The summed E-state index contributed by atoms with van der Waals surface area (Å²) in [5.41, 5.74) is 8.31. The highest BCUT2D eigenvalue weighted by atomic mass is 16.1. The molecule has 0 atom stereocenters. The molecular formula is C16H14N4O. The highest BCUT2D eigenvalue weighted by Gasteiger charge is 2.13. The maximum absolute atomic E-state index is 12.3. The molecule has 0 aliphatic rings. The molecule has 1 heterocycles. The highest BCUT2D eigenvalue weighted by molar-refractivity contribution is 6.07. The standard InChI is InChI=1S/C16H14N4O/c17-10-12-6-8-14(9-7-12)20-18-11-15(19-20)16(21)13-4-2-1-3-5-13/h1-9,11H,10,17H2. The third-order valence-corrected chi connectivity index (χ3v) is 3.16. The van der Waals surface area contributed by atoms with Gasteiger partial charge in [0, 0.05) is 12.1 Å². The van der Waals surface area contributed by atoms with Gasteiger partial charge in [-0.3, -0.25) is 4.79 Å². The van der Waals surface area contributed by atoms with Gasteiger partial charge in [-0.25, -0.2) is 0 Å². The molecule has 1 aromatic heterocycles. The monoisotopic (exact) mass is 278 g/mol. The molecule has 0 unspecified atom stereocenters. The van der Waals surface area contributed by atoms with Crippen LogP contribution in [-0.4, -0.2) is 20.8 Å². The van der Waals surface area contributed by atoms with Crippen LogP contribution in [0.2, 0.25) is 0 Å². The van der Waals surface area contributed by atoms with Crippen LogP contribution in [-0.2, 0) is 6.54 Å². The summed E-state index contributed by atoms with van der Waals surface area (Å²) in [7, 11) is 0. The molecule has 0 saturated carbocycles. The molecule has 0 aliphatic heterocycles. The van der Waals surface area contributed by atoms with Crippen molar-refractivity contribution in [3.63, 3.8) is 0 Å². The van der Waals surface area contributed by atoms with E-state index in [9.17, 15) is 4.79 Å². The Kier molecular flexibility index (Phi) is 3.57. The number of rotatable bonds is 4. The van der Waals surface area contributed by atoms with E-state index in [1.807, 2.05) is 42.5 Å². The van der Waals surface area contributed by atoms with E-state index in [2.05, 4.69) is 10.2 Å². The quantitative estimate of drug-likeness (QED) is 0.740. The summed E-state index contributed by atoms with van der Waals surface area (Å²) in [6.07, 6.45) is 1.48. The molecule has 5 heteroatoms. The van der Waals surface area contributed by atoms with E-state index in [4.69, 9.17) is 5.73 Å². The third-order valence-electron chi connectivity index (χ3n) is 3.16. The number of carbonyl (C=O) groups is 1. The Balaban J connectivity index is 1.87. The molecular weight excluding hydrogens is 264 g/mol. The van der Waals surface area contributed by atoms with Crippen molar-refractivity contribution in [1.29, 1.82) is 0 Å². The Bertz CT molecular complexity index is 747. The van der Waals surface area contributed by atoms with Gasteiger partial charge in [-0.05, 0) is 17.7 Å². The maximum atomic E-state index is 12.3. The van der Waals surface area contributed by atoms with Gasteiger partial charge in [-0.2, -0.15) is 9.90 Å². The molecule has 21 heavy (non-hydrogen) atoms. The number of carbonyl (C=O) groups excluding carboxylic acids is 1. The summed E-state index contributed by atoms with van der Waals surface area (Å²) < 4.78 is 0. The Hall–Kier alpha value is -2.79. The fourth-order valence-corrected chi connectivity index (χ4v) is 1.99. The second-order valence-corrected chi connectivity index (χ2v) is 4.58. The molecule has 0 spiro atoms. The number of hydrogen-bond donors (Lipinski definition) is 1. The molecule has 0 aliphatic carbocycles. The Morgan fingerprint density at radius 1 is 1.05 bits per heavy atom. The van der Waals surface area contributed by atoms with Crippen molar-refractivity contribution in [3.05, 3.63) is 77.6 Å². The second kappa shape index (κ2) is 5.68. The van der Waals surface area contributed by atoms with E-state index in [-0.39, 0.29) is 5.78 Å². The molecule has 0 fully saturated rings. The smallest absolute Gasteiger partial charge is 0.214 e. The van der Waals surface area contributed by atoms with Crippen LogP contribution in [0.3, 0.4) is 0 Å². The van der Waals surface area contributed by atoms with E-state index in [0.29, 0.717) is 17.8 Å². The van der Waals surface area contributed by atoms with E-state index >= 15 is 0 Å². The lowest BCUT2D eigenvalue weighted by Crippen LogP contribution is -2.05. The third kappa shape index (κ3) is 2.73. The van der Waals surface area contributed by atoms with Crippen molar-refractivity contribution in [2.24, 2.45) is 5.73 Å². The summed E-state index contributed by atoms with van der Waals surface area (Å²) >= 11 is 0. The van der Waals surface area contributed by atoms with Crippen molar-refractivity contribution in [3.8, 4) is 5.69 Å². The number of aromatic nitrogens is 3. The molecule has 3 aromatic rings. The van der Waals surface area contributed by atoms with Gasteiger partial charge in [0.25, 0.3) is 0 Å². The molecule has 0 saturated heterocycles. The van der Waals surface area contributed by atoms with E-state index < -0.39 is 0 Å². The number of hydrogen-bond acceptors (Lipinski definition) is 4. The fourth-order valence-electron chi connectivity index (χ4n) is 1.99. The summed E-state index contributed by atoms with van der Waals surface area (Å²) in [6.45, 7) is 0.491. The topological polar surface area (TPSA) is 73.8 Å². The lowest BCUT2D eigenvalue weighted by molar-refractivity contribution is 0.103. The first-order valence-electron chi connectivity index (χ1n) is 6.59. The molecule has 5 nitrogen and oxygen atoms in total. The molecule has 0 radical (unpaired) electrons. The van der Waals surface area contributed by atoms with Crippen LogP contribution in [0, 0.1) is 0 Å². The Labute approximate surface area is 122 Å². The first-order valence-corrected chi connectivity index (χ1v) is 6.59. The minimum Gasteiger partial charge on any atom is -0.326 e. The largest absolute Gasteiger partial charge is 0.326 e. The zero-order valence-corrected chi connectivity index (χ0v) is 11.3. The van der Waals surface area contributed by atoms with Gasteiger partial charge < -0.3 is 5.73 Å². The van der Waals surface area contributed by atoms with Crippen LogP contribution in [0.1, 0.15) is 21.6 Å². The fraction of sp³-hybridized carbons (Fsp3) is 0.0625. The molecule has 0 amide bonds. The van der Waals surface area contributed by atoms with Crippen LogP contribution in [0.25, 0.3) is 5.69 Å². The van der Waals surface area contributed by atoms with E-state index in [1.54, 1.807) is 12.1 Å². The Morgan fingerprint density at radius 3 is 2.43 bits per heavy atom. The first-order chi connectivity index (χ1) is 10.3. The molecule has 3 rings (SSSR count). The van der Waals surface area contributed by atoms with E-state index in [1.165, 1.54) is 11.0 Å². The highest BCUT2D eigenvalue weighted by Crippen LogP contribution is 2.10. The summed E-state index contributed by atoms with van der Waals surface area (Å²) in [6, 6.07) is 16.6. The average Bonchev–Trinajstić information content (AvgIpc) is 3.05. The molecule has 2 N–H and O–H groups in total. The van der Waals surface area contributed by atoms with Gasteiger partial charge in [-0.15, -0.1) is 5.10 Å². The van der Waals surface area contributed by atoms with Crippen molar-refractivity contribution in [1.82, 2.24) is 15.0 Å². The molecule has 2 aromatic carbocycles. The van der Waals surface area contributed by atoms with Gasteiger partial charge in [0.2, 0.25) is 5.78 Å². The summed E-state index contributed by atoms with van der Waals surface area (Å²) in [5.74, 6) is -0.138. The Morgan fingerprint density at radius 2 is 1.76 bits per heavy atom. The van der Waals surface area contributed by atoms with Crippen molar-refractivity contribution in [2.45, 2.75) is 6.54 Å². The van der Waals surface area contributed by atoms with Gasteiger partial charge in [0.15, 0.2) is 5.69 Å². The van der Waals surface area contributed by atoms with Gasteiger partial charge in [0.1, 0.15) is 0 Å². The summed E-state index contributed by atoms with van der Waals surface area (Å²) in [5, 5.41) is 8.38. The lowest BCUT2D eigenvalue weighted by Gasteiger charge is -2.01. The van der Waals surface area contributed by atoms with Crippen LogP contribution in [0.15, 0.2) is 60.8 Å². The number of ketones is 1. The van der Waals surface area contributed by atoms with Crippen LogP contribution < -0.4 is 5.73 Å². The van der Waals surface area contributed by atoms with Gasteiger partial charge in [-0.1, -0.05) is 42.5 Å². The number of nitrogens with zero attached hydrogens (tertiary/aromatic N) is 3. The minimum absolute atomic E-state index is 0.138. The predicted octanol–water partition coefficient (Wildman–Crippen LogP) is 1.96. The van der Waals surface area contributed by atoms with Crippen LogP contribution >= 0.6 is 0 Å². The number of nitrogens with two attached hydrogens (primary N) is 1. The second-order valence-electron chi connectivity index (χ2n) is 4.58. The zero-order valence-electron chi connectivity index (χ0n) is 11.3. The first kappa shape index (κ1) is 13.2. The normalized spacial score (nSPS) is 10.5. The van der Waals surface area contributed by atoms with Gasteiger partial charge in [0.05, 0.1) is 11.9 Å². The molecule has 0 bridgehead atoms. The van der Waals surface area contributed by atoms with E-state index in [0.717, 1.165) is 11.3 Å². The summed E-state index contributed by atoms with van der Waals surface area (Å²) in [4.78, 5) is 13.7. The minimum atomic E-state index is -0.138. The van der Waals surface area contributed by atoms with Crippen molar-refractivity contribution < 1.29 is 4.79 Å². The SMILES string of the molecule is NCc1ccc(-n2ncc(C(=O)c3ccccc3)n2)cc1. The average molecular weight is 278 g/mol. The zero-order chi connectivity index (χ0) is 14.7. The molecule has 104 valence electrons.